The molecule has 0 unspecified atom stereocenters. The fraction of sp³-hybridized carbons (Fsp3) is 0.455. The summed E-state index contributed by atoms with van der Waals surface area (Å²) in [6.45, 7) is 4.03. The van der Waals surface area contributed by atoms with Gasteiger partial charge in [0.15, 0.2) is 11.5 Å². The first-order chi connectivity index (χ1) is 6.60. The van der Waals surface area contributed by atoms with Crippen LogP contribution in [0.25, 0.3) is 0 Å². The number of benzene rings is 1. The van der Waals surface area contributed by atoms with Crippen molar-refractivity contribution in [2.75, 3.05) is 14.2 Å². The Morgan fingerprint density at radius 3 is 2.00 bits per heavy atom. The van der Waals surface area contributed by atoms with Gasteiger partial charge < -0.3 is 14.6 Å². The Kier molecular flexibility index (Phi) is 3.23. The van der Waals surface area contributed by atoms with E-state index in [9.17, 15) is 5.11 Å². The Bertz CT molecular complexity index is 319. The second kappa shape index (κ2) is 4.22. The van der Waals surface area contributed by atoms with Gasteiger partial charge in [-0.15, -0.1) is 0 Å². The van der Waals surface area contributed by atoms with Gasteiger partial charge in [-0.1, -0.05) is 13.8 Å². The molecule has 1 rings (SSSR count). The van der Waals surface area contributed by atoms with Gasteiger partial charge in [0.25, 0.3) is 0 Å². The highest BCUT2D eigenvalue weighted by atomic mass is 16.5. The van der Waals surface area contributed by atoms with Crippen LogP contribution in [0.2, 0.25) is 0 Å². The van der Waals surface area contributed by atoms with E-state index in [2.05, 4.69) is 0 Å². The Hall–Kier alpha value is -1.38. The quantitative estimate of drug-likeness (QED) is 0.807. The summed E-state index contributed by atoms with van der Waals surface area (Å²) in [5, 5.41) is 9.68. The van der Waals surface area contributed by atoms with Gasteiger partial charge in [-0.3, -0.25) is 0 Å². The zero-order valence-electron chi connectivity index (χ0n) is 9.00. The van der Waals surface area contributed by atoms with Gasteiger partial charge in [-0.2, -0.15) is 0 Å². The Morgan fingerprint density at radius 2 is 1.57 bits per heavy atom. The molecule has 0 bridgehead atoms. The molecule has 0 atom stereocenters. The molecule has 0 heterocycles. The van der Waals surface area contributed by atoms with Gasteiger partial charge in [0, 0.05) is 11.6 Å². The minimum atomic E-state index is 0.248. The Morgan fingerprint density at radius 1 is 1.07 bits per heavy atom. The fourth-order valence-electron chi connectivity index (χ4n) is 1.35. The van der Waals surface area contributed by atoms with Crippen molar-refractivity contribution in [3.8, 4) is 17.2 Å². The van der Waals surface area contributed by atoms with Gasteiger partial charge in [0.05, 0.1) is 14.2 Å². The molecule has 0 aliphatic heterocycles. The topological polar surface area (TPSA) is 38.7 Å². The van der Waals surface area contributed by atoms with Gasteiger partial charge in [0.2, 0.25) is 0 Å². The summed E-state index contributed by atoms with van der Waals surface area (Å²) < 4.78 is 10.2. The molecule has 0 aliphatic rings. The number of hydrogen-bond acceptors (Lipinski definition) is 3. The molecular formula is C11H16O3. The second-order valence-electron chi connectivity index (χ2n) is 3.42. The molecule has 0 aromatic heterocycles. The van der Waals surface area contributed by atoms with Crippen molar-refractivity contribution in [3.63, 3.8) is 0 Å². The highest BCUT2D eigenvalue weighted by molar-refractivity contribution is 5.51. The van der Waals surface area contributed by atoms with Crippen LogP contribution in [0.4, 0.5) is 0 Å². The molecule has 0 fully saturated rings. The first kappa shape index (κ1) is 10.7. The molecule has 0 amide bonds. The van der Waals surface area contributed by atoms with E-state index in [1.807, 2.05) is 13.8 Å². The summed E-state index contributed by atoms with van der Waals surface area (Å²) in [5.74, 6) is 1.70. The maximum atomic E-state index is 9.68. The number of phenolic OH excluding ortho intramolecular Hbond substituents is 1. The lowest BCUT2D eigenvalue weighted by molar-refractivity contribution is 0.350. The van der Waals surface area contributed by atoms with E-state index >= 15 is 0 Å². The van der Waals surface area contributed by atoms with Crippen molar-refractivity contribution < 1.29 is 14.6 Å². The third-order valence-electron chi connectivity index (χ3n) is 2.15. The van der Waals surface area contributed by atoms with Crippen molar-refractivity contribution in [1.82, 2.24) is 0 Å². The molecule has 1 aromatic carbocycles. The maximum absolute atomic E-state index is 9.68. The van der Waals surface area contributed by atoms with Crippen LogP contribution in [0.3, 0.4) is 0 Å². The summed E-state index contributed by atoms with van der Waals surface area (Å²) in [5.41, 5.74) is 0.864. The molecule has 14 heavy (non-hydrogen) atoms. The van der Waals surface area contributed by atoms with Crippen LogP contribution in [-0.2, 0) is 0 Å². The highest BCUT2D eigenvalue weighted by Crippen LogP contribution is 2.37. The van der Waals surface area contributed by atoms with E-state index in [1.165, 1.54) is 0 Å². The Labute approximate surface area is 84.3 Å². The fourth-order valence-corrected chi connectivity index (χ4v) is 1.35. The summed E-state index contributed by atoms with van der Waals surface area (Å²) in [6.07, 6.45) is 0. The summed E-state index contributed by atoms with van der Waals surface area (Å²) in [7, 11) is 3.13. The molecular weight excluding hydrogens is 180 g/mol. The predicted octanol–water partition coefficient (Wildman–Crippen LogP) is 2.53. The van der Waals surface area contributed by atoms with Crippen LogP contribution in [0, 0.1) is 0 Å². The largest absolute Gasteiger partial charge is 0.508 e. The van der Waals surface area contributed by atoms with Gasteiger partial charge >= 0.3 is 0 Å². The van der Waals surface area contributed by atoms with Gasteiger partial charge in [-0.25, -0.2) is 0 Å². The van der Waals surface area contributed by atoms with Gasteiger partial charge in [-0.05, 0) is 12.0 Å². The van der Waals surface area contributed by atoms with Crippen LogP contribution < -0.4 is 9.47 Å². The first-order valence-electron chi connectivity index (χ1n) is 4.55. The van der Waals surface area contributed by atoms with Crippen molar-refractivity contribution in [1.29, 1.82) is 0 Å². The lowest BCUT2D eigenvalue weighted by Crippen LogP contribution is -1.94. The standard InChI is InChI=1S/C11H16O3/c1-7(2)8-5-10(13-3)11(14-4)6-9(8)12/h5-7,12H,1-4H3. The highest BCUT2D eigenvalue weighted by Gasteiger charge is 2.12. The molecule has 1 N–H and O–H groups in total. The lowest BCUT2D eigenvalue weighted by Gasteiger charge is -2.13. The van der Waals surface area contributed by atoms with Crippen LogP contribution >= 0.6 is 0 Å². The monoisotopic (exact) mass is 196 g/mol. The smallest absolute Gasteiger partial charge is 0.164 e. The molecule has 0 spiro atoms. The van der Waals surface area contributed by atoms with Crippen LogP contribution in [0.1, 0.15) is 25.3 Å². The van der Waals surface area contributed by atoms with Crippen LogP contribution in [0.5, 0.6) is 17.2 Å². The van der Waals surface area contributed by atoms with Crippen LogP contribution in [0.15, 0.2) is 12.1 Å². The summed E-state index contributed by atoms with van der Waals surface area (Å²) in [6, 6.07) is 3.38. The molecule has 0 saturated carbocycles. The van der Waals surface area contributed by atoms with Crippen LogP contribution in [-0.4, -0.2) is 19.3 Å². The zero-order valence-corrected chi connectivity index (χ0v) is 9.00. The van der Waals surface area contributed by atoms with Crippen molar-refractivity contribution >= 4 is 0 Å². The average molecular weight is 196 g/mol. The van der Waals surface area contributed by atoms with E-state index in [1.54, 1.807) is 26.4 Å². The molecule has 1 aromatic rings. The van der Waals surface area contributed by atoms with E-state index in [4.69, 9.17) is 9.47 Å². The zero-order chi connectivity index (χ0) is 10.7. The van der Waals surface area contributed by atoms with E-state index in [0.717, 1.165) is 5.56 Å². The Balaban J connectivity index is 3.23. The van der Waals surface area contributed by atoms with E-state index < -0.39 is 0 Å². The molecule has 0 radical (unpaired) electrons. The summed E-state index contributed by atoms with van der Waals surface area (Å²) in [4.78, 5) is 0. The van der Waals surface area contributed by atoms with Gasteiger partial charge in [0.1, 0.15) is 5.75 Å². The maximum Gasteiger partial charge on any atom is 0.164 e. The number of rotatable bonds is 3. The number of phenols is 1. The first-order valence-corrected chi connectivity index (χ1v) is 4.55. The summed E-state index contributed by atoms with van der Waals surface area (Å²) >= 11 is 0. The van der Waals surface area contributed by atoms with E-state index in [0.29, 0.717) is 11.5 Å². The lowest BCUT2D eigenvalue weighted by atomic mass is 10.0. The SMILES string of the molecule is COc1cc(O)c(C(C)C)cc1OC. The average Bonchev–Trinajstić information content (AvgIpc) is 2.16. The minimum Gasteiger partial charge on any atom is -0.508 e. The number of aromatic hydroxyl groups is 1. The second-order valence-corrected chi connectivity index (χ2v) is 3.42. The third kappa shape index (κ3) is 1.92. The molecule has 0 aliphatic carbocycles. The van der Waals surface area contributed by atoms with E-state index in [-0.39, 0.29) is 11.7 Å². The van der Waals surface area contributed by atoms with Crippen molar-refractivity contribution in [2.24, 2.45) is 0 Å². The number of methoxy groups -OCH3 is 2. The normalized spacial score (nSPS) is 10.4. The molecule has 3 heteroatoms. The number of hydrogen-bond donors (Lipinski definition) is 1. The molecule has 3 nitrogen and oxygen atoms in total. The third-order valence-corrected chi connectivity index (χ3v) is 2.15. The number of ether oxygens (including phenoxy) is 2. The predicted molar refractivity (Wildman–Crippen MR) is 55.3 cm³/mol. The van der Waals surface area contributed by atoms with Crippen molar-refractivity contribution in [2.45, 2.75) is 19.8 Å². The molecule has 78 valence electrons. The minimum absolute atomic E-state index is 0.248. The van der Waals surface area contributed by atoms with Crippen molar-refractivity contribution in [3.05, 3.63) is 17.7 Å². The molecule has 0 saturated heterocycles.